The summed E-state index contributed by atoms with van der Waals surface area (Å²) in [7, 11) is 1.94. The van der Waals surface area contributed by atoms with Gasteiger partial charge < -0.3 is 10.2 Å². The van der Waals surface area contributed by atoms with Crippen molar-refractivity contribution in [3.05, 3.63) is 27.6 Å². The molecule has 0 radical (unpaired) electrons. The highest BCUT2D eigenvalue weighted by molar-refractivity contribution is 7.10. The van der Waals surface area contributed by atoms with Crippen LogP contribution in [0.15, 0.2) is 11.4 Å². The predicted octanol–water partition coefficient (Wildman–Crippen LogP) is 3.24. The smallest absolute Gasteiger partial charge is 0.272 e. The summed E-state index contributed by atoms with van der Waals surface area (Å²) in [5.41, 5.74) is 4.11. The topological polar surface area (TPSA) is 50.2 Å². The molecule has 0 aromatic carbocycles. The van der Waals surface area contributed by atoms with E-state index in [1.54, 1.807) is 11.3 Å². The molecule has 26 heavy (non-hydrogen) atoms. The van der Waals surface area contributed by atoms with E-state index in [4.69, 9.17) is 0 Å². The quantitative estimate of drug-likeness (QED) is 0.820. The van der Waals surface area contributed by atoms with Crippen molar-refractivity contribution in [3.8, 4) is 11.3 Å². The number of thiophene rings is 1. The van der Waals surface area contributed by atoms with E-state index in [1.807, 2.05) is 11.7 Å². The largest absolute Gasteiger partial charge is 0.351 e. The Morgan fingerprint density at radius 2 is 2.27 bits per heavy atom. The van der Waals surface area contributed by atoms with Gasteiger partial charge >= 0.3 is 0 Å². The van der Waals surface area contributed by atoms with Crippen molar-refractivity contribution >= 4 is 17.2 Å². The zero-order valence-electron chi connectivity index (χ0n) is 15.8. The first kappa shape index (κ1) is 17.7. The SMILES string of the molecule is C[C@@H]1CCCCN1CCCNC(=O)c1nn(C)c2c1CCc1sccc1-2. The highest BCUT2D eigenvalue weighted by atomic mass is 32.1. The molecular formula is C20H28N4OS. The van der Waals surface area contributed by atoms with Gasteiger partial charge in [0, 0.05) is 42.2 Å². The first-order chi connectivity index (χ1) is 12.6. The van der Waals surface area contributed by atoms with Crippen LogP contribution in [0.25, 0.3) is 11.3 Å². The van der Waals surface area contributed by atoms with E-state index in [2.05, 4.69) is 33.7 Å². The molecule has 1 atom stereocenters. The minimum Gasteiger partial charge on any atom is -0.351 e. The van der Waals surface area contributed by atoms with Gasteiger partial charge in [-0.05, 0) is 57.0 Å². The normalized spacial score (nSPS) is 19.8. The molecule has 1 aliphatic heterocycles. The third-order valence-electron chi connectivity index (χ3n) is 5.81. The van der Waals surface area contributed by atoms with Crippen LogP contribution >= 0.6 is 11.3 Å². The highest BCUT2D eigenvalue weighted by Gasteiger charge is 2.27. The van der Waals surface area contributed by atoms with E-state index in [0.29, 0.717) is 11.7 Å². The molecule has 3 heterocycles. The molecule has 0 bridgehead atoms. The molecule has 1 saturated heterocycles. The molecule has 1 fully saturated rings. The second-order valence-electron chi connectivity index (χ2n) is 7.55. The van der Waals surface area contributed by atoms with Gasteiger partial charge in [-0.25, -0.2) is 0 Å². The standard InChI is InChI=1S/C20H28N4OS/c1-14-6-3-4-11-24(14)12-5-10-21-20(25)18-16-7-8-17-15(9-13-26-17)19(16)23(2)22-18/h9,13-14H,3-8,10-12H2,1-2H3,(H,21,25)/t14-/m1/s1. The van der Waals surface area contributed by atoms with Crippen LogP contribution in [0, 0.1) is 0 Å². The number of rotatable bonds is 5. The summed E-state index contributed by atoms with van der Waals surface area (Å²) in [6, 6.07) is 2.84. The first-order valence-corrected chi connectivity index (χ1v) is 10.7. The summed E-state index contributed by atoms with van der Waals surface area (Å²) < 4.78 is 1.88. The molecule has 0 unspecified atom stereocenters. The Bertz CT molecular complexity index is 794. The number of likely N-dealkylation sites (tertiary alicyclic amines) is 1. The Balaban J connectivity index is 1.37. The summed E-state index contributed by atoms with van der Waals surface area (Å²) in [5.74, 6) is -0.0211. The van der Waals surface area contributed by atoms with E-state index in [0.717, 1.165) is 43.6 Å². The van der Waals surface area contributed by atoms with Gasteiger partial charge in [0.1, 0.15) is 0 Å². The van der Waals surface area contributed by atoms with Gasteiger partial charge in [-0.2, -0.15) is 5.10 Å². The molecule has 5 nitrogen and oxygen atoms in total. The second-order valence-corrected chi connectivity index (χ2v) is 8.55. The molecule has 6 heteroatoms. The number of hydrogen-bond acceptors (Lipinski definition) is 4. The van der Waals surface area contributed by atoms with E-state index in [-0.39, 0.29) is 5.91 Å². The van der Waals surface area contributed by atoms with Crippen molar-refractivity contribution in [1.29, 1.82) is 0 Å². The lowest BCUT2D eigenvalue weighted by Gasteiger charge is -2.33. The van der Waals surface area contributed by atoms with Gasteiger partial charge in [0.2, 0.25) is 0 Å². The molecule has 2 aliphatic rings. The van der Waals surface area contributed by atoms with Crippen LogP contribution in [0.4, 0.5) is 0 Å². The van der Waals surface area contributed by atoms with Gasteiger partial charge in [-0.1, -0.05) is 6.42 Å². The van der Waals surface area contributed by atoms with E-state index in [9.17, 15) is 4.79 Å². The predicted molar refractivity (Wildman–Crippen MR) is 106 cm³/mol. The van der Waals surface area contributed by atoms with Crippen molar-refractivity contribution < 1.29 is 4.79 Å². The Labute approximate surface area is 159 Å². The minimum atomic E-state index is -0.0211. The zero-order chi connectivity index (χ0) is 18.1. The summed E-state index contributed by atoms with van der Waals surface area (Å²) in [6.45, 7) is 5.31. The number of carbonyl (C=O) groups is 1. The Hall–Kier alpha value is -1.66. The maximum atomic E-state index is 12.7. The maximum absolute atomic E-state index is 12.7. The average molecular weight is 373 g/mol. The van der Waals surface area contributed by atoms with Crippen molar-refractivity contribution in [1.82, 2.24) is 20.0 Å². The fourth-order valence-electron chi connectivity index (χ4n) is 4.37. The molecular weight excluding hydrogens is 344 g/mol. The first-order valence-electron chi connectivity index (χ1n) is 9.80. The van der Waals surface area contributed by atoms with Gasteiger partial charge in [-0.3, -0.25) is 9.48 Å². The lowest BCUT2D eigenvalue weighted by Crippen LogP contribution is -2.39. The van der Waals surface area contributed by atoms with Gasteiger partial charge in [0.25, 0.3) is 5.91 Å². The third kappa shape index (κ3) is 3.32. The molecule has 2 aromatic rings. The number of carbonyl (C=O) groups excluding carboxylic acids is 1. The van der Waals surface area contributed by atoms with Crippen LogP contribution in [0.1, 0.15) is 53.5 Å². The lowest BCUT2D eigenvalue weighted by molar-refractivity contribution is 0.0942. The van der Waals surface area contributed by atoms with Gasteiger partial charge in [-0.15, -0.1) is 11.3 Å². The summed E-state index contributed by atoms with van der Waals surface area (Å²) in [5, 5.41) is 9.78. The molecule has 0 saturated carbocycles. The number of aromatic nitrogens is 2. The van der Waals surface area contributed by atoms with Crippen LogP contribution < -0.4 is 5.32 Å². The zero-order valence-corrected chi connectivity index (χ0v) is 16.6. The number of nitrogens with zero attached hydrogens (tertiary/aromatic N) is 3. The Morgan fingerprint density at radius 3 is 3.12 bits per heavy atom. The molecule has 2 aromatic heterocycles. The van der Waals surface area contributed by atoms with Crippen LogP contribution in [-0.2, 0) is 19.9 Å². The van der Waals surface area contributed by atoms with Gasteiger partial charge in [0.15, 0.2) is 5.69 Å². The number of nitrogens with one attached hydrogen (secondary N) is 1. The fourth-order valence-corrected chi connectivity index (χ4v) is 5.25. The van der Waals surface area contributed by atoms with E-state index < -0.39 is 0 Å². The van der Waals surface area contributed by atoms with Crippen LogP contribution in [0.2, 0.25) is 0 Å². The fraction of sp³-hybridized carbons (Fsp3) is 0.600. The van der Waals surface area contributed by atoms with Crippen molar-refractivity contribution in [2.75, 3.05) is 19.6 Å². The number of amides is 1. The highest BCUT2D eigenvalue weighted by Crippen LogP contribution is 2.37. The number of hydrogen-bond donors (Lipinski definition) is 1. The van der Waals surface area contributed by atoms with E-state index >= 15 is 0 Å². The van der Waals surface area contributed by atoms with Crippen molar-refractivity contribution in [2.45, 2.75) is 51.5 Å². The maximum Gasteiger partial charge on any atom is 0.272 e. The van der Waals surface area contributed by atoms with Crippen molar-refractivity contribution in [3.63, 3.8) is 0 Å². The van der Waals surface area contributed by atoms with Crippen molar-refractivity contribution in [2.24, 2.45) is 7.05 Å². The van der Waals surface area contributed by atoms with E-state index in [1.165, 1.54) is 36.2 Å². The second kappa shape index (κ2) is 7.53. The van der Waals surface area contributed by atoms with Gasteiger partial charge in [0.05, 0.1) is 5.69 Å². The monoisotopic (exact) mass is 372 g/mol. The summed E-state index contributed by atoms with van der Waals surface area (Å²) >= 11 is 1.80. The minimum absolute atomic E-state index is 0.0211. The molecule has 4 rings (SSSR count). The molecule has 1 aliphatic carbocycles. The summed E-state index contributed by atoms with van der Waals surface area (Å²) in [4.78, 5) is 16.7. The Morgan fingerprint density at radius 1 is 1.38 bits per heavy atom. The Kier molecular flexibility index (Phi) is 5.14. The molecule has 1 amide bonds. The average Bonchev–Trinajstić information content (AvgIpc) is 3.24. The molecule has 1 N–H and O–H groups in total. The van der Waals surface area contributed by atoms with Crippen LogP contribution in [0.3, 0.4) is 0 Å². The number of piperidine rings is 1. The lowest BCUT2D eigenvalue weighted by atomic mass is 9.94. The summed E-state index contributed by atoms with van der Waals surface area (Å²) in [6.07, 6.45) is 6.88. The molecule has 0 spiro atoms. The molecule has 140 valence electrons. The van der Waals surface area contributed by atoms with Crippen LogP contribution in [0.5, 0.6) is 0 Å². The number of fused-ring (bicyclic) bond motifs is 3. The third-order valence-corrected chi connectivity index (χ3v) is 6.79. The number of aryl methyl sites for hydroxylation is 2. The van der Waals surface area contributed by atoms with Crippen LogP contribution in [-0.4, -0.2) is 46.3 Å².